The van der Waals surface area contributed by atoms with Gasteiger partial charge >= 0.3 is 0 Å². The Hall–Kier alpha value is 0.170. The van der Waals surface area contributed by atoms with Crippen molar-refractivity contribution in [2.45, 2.75) is 56.8 Å². The Bertz CT molecular complexity index is 166. The highest BCUT2D eigenvalue weighted by Crippen LogP contribution is 2.23. The Morgan fingerprint density at radius 2 is 1.40 bits per heavy atom. The molecule has 0 amide bonds. The molecule has 1 saturated carbocycles. The van der Waals surface area contributed by atoms with Crippen molar-refractivity contribution in [1.29, 1.82) is 0 Å². The molecule has 1 aliphatic heterocycles. The highest BCUT2D eigenvalue weighted by molar-refractivity contribution is 5.85. The number of hydrogen-bond donors (Lipinski definition) is 1. The van der Waals surface area contributed by atoms with Gasteiger partial charge in [0, 0.05) is 19.3 Å². The fourth-order valence-electron chi connectivity index (χ4n) is 2.31. The third-order valence-electron chi connectivity index (χ3n) is 3.27. The molecule has 1 heterocycles. The van der Waals surface area contributed by atoms with Gasteiger partial charge in [0.15, 0.2) is 0 Å². The Morgan fingerprint density at radius 1 is 0.867 bits per heavy atom. The van der Waals surface area contributed by atoms with Crippen LogP contribution in [0.1, 0.15) is 38.5 Å². The second-order valence-corrected chi connectivity index (χ2v) is 4.48. The first-order valence-corrected chi connectivity index (χ1v) is 5.83. The predicted molar refractivity (Wildman–Crippen MR) is 62.4 cm³/mol. The molecule has 1 aliphatic carbocycles. The minimum atomic E-state index is 0. The van der Waals surface area contributed by atoms with Crippen molar-refractivity contribution >= 4 is 12.4 Å². The lowest BCUT2D eigenvalue weighted by atomic mass is 9.93. The highest BCUT2D eigenvalue weighted by atomic mass is 35.5. The highest BCUT2D eigenvalue weighted by Gasteiger charge is 2.23. The van der Waals surface area contributed by atoms with Crippen LogP contribution in [0.4, 0.5) is 0 Å². The Morgan fingerprint density at radius 3 is 2.00 bits per heavy atom. The summed E-state index contributed by atoms with van der Waals surface area (Å²) in [5.41, 5.74) is 5.85. The molecule has 0 radical (unpaired) electrons. The maximum atomic E-state index is 6.04. The van der Waals surface area contributed by atoms with Gasteiger partial charge in [-0.25, -0.2) is 0 Å². The van der Waals surface area contributed by atoms with Crippen LogP contribution in [0.3, 0.4) is 0 Å². The number of halogens is 1. The summed E-state index contributed by atoms with van der Waals surface area (Å²) in [4.78, 5) is 0. The second kappa shape index (κ2) is 6.69. The van der Waals surface area contributed by atoms with E-state index in [1.54, 1.807) is 0 Å². The van der Waals surface area contributed by atoms with Gasteiger partial charge in [-0.15, -0.1) is 12.4 Å². The van der Waals surface area contributed by atoms with Crippen molar-refractivity contribution in [3.63, 3.8) is 0 Å². The van der Waals surface area contributed by atoms with Crippen molar-refractivity contribution in [1.82, 2.24) is 0 Å². The average molecular weight is 236 g/mol. The van der Waals surface area contributed by atoms with Gasteiger partial charge in [-0.1, -0.05) is 0 Å². The minimum Gasteiger partial charge on any atom is -0.381 e. The minimum absolute atomic E-state index is 0. The Labute approximate surface area is 98.1 Å². The Balaban J connectivity index is 0.00000112. The molecule has 2 aliphatic rings. The fraction of sp³-hybridized carbons (Fsp3) is 1.00. The van der Waals surface area contributed by atoms with Crippen LogP contribution in [0.15, 0.2) is 0 Å². The molecule has 0 unspecified atom stereocenters. The van der Waals surface area contributed by atoms with E-state index >= 15 is 0 Å². The van der Waals surface area contributed by atoms with E-state index in [-0.39, 0.29) is 12.4 Å². The van der Waals surface area contributed by atoms with E-state index in [0.717, 1.165) is 51.7 Å². The summed E-state index contributed by atoms with van der Waals surface area (Å²) in [6, 6.07) is 0.421. The van der Waals surface area contributed by atoms with Gasteiger partial charge in [0.25, 0.3) is 0 Å². The van der Waals surface area contributed by atoms with E-state index in [1.807, 2.05) is 0 Å². The molecule has 4 heteroatoms. The van der Waals surface area contributed by atoms with Gasteiger partial charge in [-0.05, 0) is 38.5 Å². The smallest absolute Gasteiger partial charge is 0.0622 e. The van der Waals surface area contributed by atoms with E-state index in [9.17, 15) is 0 Å². The standard InChI is InChI=1S/C11H21NO2.ClH/c12-9-1-3-10(4-2-9)14-11-5-7-13-8-6-11;/h9-11H,1-8,12H2;1H. The van der Waals surface area contributed by atoms with Crippen LogP contribution in [0, 0.1) is 0 Å². The first kappa shape index (κ1) is 13.2. The predicted octanol–water partition coefficient (Wildman–Crippen LogP) is 1.87. The largest absolute Gasteiger partial charge is 0.381 e. The quantitative estimate of drug-likeness (QED) is 0.795. The average Bonchev–Trinajstić information content (AvgIpc) is 2.23. The summed E-state index contributed by atoms with van der Waals surface area (Å²) in [6.45, 7) is 1.74. The summed E-state index contributed by atoms with van der Waals surface area (Å²) < 4.78 is 11.4. The molecule has 1 saturated heterocycles. The maximum absolute atomic E-state index is 6.04. The summed E-state index contributed by atoms with van der Waals surface area (Å²) in [5.74, 6) is 0. The molecule has 0 bridgehead atoms. The summed E-state index contributed by atoms with van der Waals surface area (Å²) in [5, 5.41) is 0. The zero-order valence-corrected chi connectivity index (χ0v) is 10.0. The Kier molecular flexibility index (Phi) is 5.90. The monoisotopic (exact) mass is 235 g/mol. The topological polar surface area (TPSA) is 44.5 Å². The third-order valence-corrected chi connectivity index (χ3v) is 3.27. The molecule has 0 aromatic carbocycles. The lowest BCUT2D eigenvalue weighted by Crippen LogP contribution is -2.34. The van der Waals surface area contributed by atoms with E-state index in [4.69, 9.17) is 15.2 Å². The van der Waals surface area contributed by atoms with E-state index in [0.29, 0.717) is 18.2 Å². The summed E-state index contributed by atoms with van der Waals surface area (Å²) >= 11 is 0. The molecule has 3 nitrogen and oxygen atoms in total. The summed E-state index contributed by atoms with van der Waals surface area (Å²) in [7, 11) is 0. The van der Waals surface area contributed by atoms with Crippen molar-refractivity contribution in [2.75, 3.05) is 13.2 Å². The molecule has 2 fully saturated rings. The molecule has 0 aromatic rings. The second-order valence-electron chi connectivity index (χ2n) is 4.48. The van der Waals surface area contributed by atoms with Crippen molar-refractivity contribution in [2.24, 2.45) is 5.73 Å². The molecular formula is C11H22ClNO2. The number of rotatable bonds is 2. The van der Waals surface area contributed by atoms with Crippen LogP contribution >= 0.6 is 12.4 Å². The summed E-state index contributed by atoms with van der Waals surface area (Å²) in [6.07, 6.45) is 7.63. The van der Waals surface area contributed by atoms with Crippen LogP contribution in [0.5, 0.6) is 0 Å². The lowest BCUT2D eigenvalue weighted by molar-refractivity contribution is -0.0791. The number of hydrogen-bond acceptors (Lipinski definition) is 3. The first-order valence-electron chi connectivity index (χ1n) is 5.83. The van der Waals surface area contributed by atoms with Crippen molar-refractivity contribution < 1.29 is 9.47 Å². The zero-order valence-electron chi connectivity index (χ0n) is 9.19. The van der Waals surface area contributed by atoms with E-state index in [1.165, 1.54) is 0 Å². The van der Waals surface area contributed by atoms with Gasteiger partial charge in [-0.2, -0.15) is 0 Å². The van der Waals surface area contributed by atoms with Crippen LogP contribution in [-0.4, -0.2) is 31.5 Å². The lowest BCUT2D eigenvalue weighted by Gasteiger charge is -2.31. The maximum Gasteiger partial charge on any atom is 0.0622 e. The van der Waals surface area contributed by atoms with Crippen molar-refractivity contribution in [3.05, 3.63) is 0 Å². The zero-order chi connectivity index (χ0) is 9.80. The molecule has 0 aromatic heterocycles. The third kappa shape index (κ3) is 4.27. The van der Waals surface area contributed by atoms with Gasteiger partial charge < -0.3 is 15.2 Å². The van der Waals surface area contributed by atoms with Gasteiger partial charge in [0.1, 0.15) is 0 Å². The first-order chi connectivity index (χ1) is 6.84. The van der Waals surface area contributed by atoms with Crippen LogP contribution in [0.2, 0.25) is 0 Å². The molecule has 0 atom stereocenters. The fourth-order valence-corrected chi connectivity index (χ4v) is 2.31. The molecule has 2 N–H and O–H groups in total. The van der Waals surface area contributed by atoms with Gasteiger partial charge in [-0.3, -0.25) is 0 Å². The normalized spacial score (nSPS) is 33.4. The van der Waals surface area contributed by atoms with E-state index in [2.05, 4.69) is 0 Å². The van der Waals surface area contributed by atoms with Crippen LogP contribution < -0.4 is 5.73 Å². The van der Waals surface area contributed by atoms with Crippen LogP contribution in [0.25, 0.3) is 0 Å². The molecular weight excluding hydrogens is 214 g/mol. The van der Waals surface area contributed by atoms with Gasteiger partial charge in [0.2, 0.25) is 0 Å². The molecule has 90 valence electrons. The number of ether oxygens (including phenoxy) is 2. The van der Waals surface area contributed by atoms with Crippen molar-refractivity contribution in [3.8, 4) is 0 Å². The van der Waals surface area contributed by atoms with E-state index < -0.39 is 0 Å². The molecule has 2 rings (SSSR count). The molecule has 0 spiro atoms. The number of nitrogens with two attached hydrogens (primary N) is 1. The van der Waals surface area contributed by atoms with Gasteiger partial charge in [0.05, 0.1) is 12.2 Å². The SMILES string of the molecule is Cl.NC1CCC(OC2CCOCC2)CC1. The molecule has 15 heavy (non-hydrogen) atoms. The van der Waals surface area contributed by atoms with Crippen LogP contribution in [-0.2, 0) is 9.47 Å².